The van der Waals surface area contributed by atoms with Crippen molar-refractivity contribution in [2.24, 2.45) is 4.99 Å². The minimum Gasteiger partial charge on any atom is -0.356 e. The molecule has 0 bridgehead atoms. The highest BCUT2D eigenvalue weighted by atomic mass is 19.1. The monoisotopic (exact) mass is 361 g/mol. The summed E-state index contributed by atoms with van der Waals surface area (Å²) in [5, 5.41) is 10.5. The molecule has 0 amide bonds. The molecule has 0 saturated heterocycles. The Morgan fingerprint density at radius 3 is 2.69 bits per heavy atom. The molecule has 1 unspecified atom stereocenters. The Morgan fingerprint density at radius 2 is 2.08 bits per heavy atom. The summed E-state index contributed by atoms with van der Waals surface area (Å²) < 4.78 is 19.0. The fourth-order valence-corrected chi connectivity index (χ4v) is 2.41. The molecular weight excluding hydrogens is 333 g/mol. The third-order valence-electron chi connectivity index (χ3n) is 4.13. The van der Waals surface area contributed by atoms with Gasteiger partial charge in [-0.25, -0.2) is 4.39 Å². The smallest absolute Gasteiger partial charge is 0.226 e. The standard InChI is InChI=1S/C19H28FN5O/c1-12(2)18-24-17(26-25-18)7-6-10-22-19(21-5)23-14(4)15-9-8-13(3)16(20)11-15/h8-9,11-12,14H,6-7,10H2,1-5H3,(H2,21,22,23). The van der Waals surface area contributed by atoms with Crippen LogP contribution in [0.1, 0.15) is 62.0 Å². The van der Waals surface area contributed by atoms with E-state index in [1.807, 2.05) is 26.8 Å². The molecule has 1 heterocycles. The lowest BCUT2D eigenvalue weighted by atomic mass is 10.1. The molecule has 1 aromatic carbocycles. The Labute approximate surface area is 154 Å². The van der Waals surface area contributed by atoms with Gasteiger partial charge in [-0.15, -0.1) is 0 Å². The molecule has 0 spiro atoms. The molecule has 0 aliphatic carbocycles. The molecule has 2 aromatic rings. The van der Waals surface area contributed by atoms with E-state index >= 15 is 0 Å². The first-order valence-electron chi connectivity index (χ1n) is 8.96. The number of hydrogen-bond donors (Lipinski definition) is 2. The van der Waals surface area contributed by atoms with Gasteiger partial charge >= 0.3 is 0 Å². The number of halogens is 1. The fourth-order valence-electron chi connectivity index (χ4n) is 2.41. The summed E-state index contributed by atoms with van der Waals surface area (Å²) in [5.74, 6) is 2.14. The number of nitrogens with zero attached hydrogens (tertiary/aromatic N) is 3. The van der Waals surface area contributed by atoms with Crippen LogP contribution in [-0.2, 0) is 6.42 Å². The quantitative estimate of drug-likeness (QED) is 0.448. The van der Waals surface area contributed by atoms with Crippen molar-refractivity contribution in [1.82, 2.24) is 20.8 Å². The van der Waals surface area contributed by atoms with Crippen LogP contribution in [0.15, 0.2) is 27.7 Å². The van der Waals surface area contributed by atoms with Crippen LogP contribution in [0.4, 0.5) is 4.39 Å². The second-order valence-corrected chi connectivity index (χ2v) is 6.68. The molecule has 0 saturated carbocycles. The van der Waals surface area contributed by atoms with Gasteiger partial charge < -0.3 is 15.2 Å². The number of aromatic nitrogens is 2. The van der Waals surface area contributed by atoms with Crippen LogP contribution in [0, 0.1) is 12.7 Å². The summed E-state index contributed by atoms with van der Waals surface area (Å²) in [7, 11) is 1.71. The van der Waals surface area contributed by atoms with E-state index < -0.39 is 0 Å². The number of nitrogens with one attached hydrogen (secondary N) is 2. The molecule has 0 aliphatic rings. The van der Waals surface area contributed by atoms with Crippen molar-refractivity contribution in [2.45, 2.75) is 52.5 Å². The summed E-state index contributed by atoms with van der Waals surface area (Å²) in [6.07, 6.45) is 1.55. The molecule has 2 rings (SSSR count). The molecule has 2 N–H and O–H groups in total. The summed E-state index contributed by atoms with van der Waals surface area (Å²) >= 11 is 0. The molecular formula is C19H28FN5O. The number of rotatable bonds is 7. The van der Waals surface area contributed by atoms with E-state index in [4.69, 9.17) is 4.52 Å². The van der Waals surface area contributed by atoms with Gasteiger partial charge in [0.1, 0.15) is 5.82 Å². The maximum absolute atomic E-state index is 13.7. The van der Waals surface area contributed by atoms with Crippen molar-refractivity contribution < 1.29 is 8.91 Å². The molecule has 7 heteroatoms. The molecule has 26 heavy (non-hydrogen) atoms. The van der Waals surface area contributed by atoms with Crippen molar-refractivity contribution in [3.63, 3.8) is 0 Å². The second kappa shape index (κ2) is 9.31. The van der Waals surface area contributed by atoms with Gasteiger partial charge in [-0.3, -0.25) is 4.99 Å². The average molecular weight is 361 g/mol. The second-order valence-electron chi connectivity index (χ2n) is 6.68. The number of benzene rings is 1. The van der Waals surface area contributed by atoms with Crippen molar-refractivity contribution in [2.75, 3.05) is 13.6 Å². The van der Waals surface area contributed by atoms with Gasteiger partial charge in [-0.05, 0) is 37.5 Å². The Hall–Kier alpha value is -2.44. The topological polar surface area (TPSA) is 75.3 Å². The zero-order valence-electron chi connectivity index (χ0n) is 16.1. The van der Waals surface area contributed by atoms with E-state index in [0.717, 1.165) is 17.8 Å². The van der Waals surface area contributed by atoms with Crippen LogP contribution in [0.25, 0.3) is 0 Å². The maximum Gasteiger partial charge on any atom is 0.226 e. The fraction of sp³-hybridized carbons (Fsp3) is 0.526. The van der Waals surface area contributed by atoms with Gasteiger partial charge in [-0.2, -0.15) is 4.98 Å². The predicted molar refractivity (Wildman–Crippen MR) is 101 cm³/mol. The van der Waals surface area contributed by atoms with Gasteiger partial charge in [0.15, 0.2) is 11.8 Å². The van der Waals surface area contributed by atoms with Crippen LogP contribution in [0.2, 0.25) is 0 Å². The van der Waals surface area contributed by atoms with E-state index in [-0.39, 0.29) is 17.8 Å². The highest BCUT2D eigenvalue weighted by molar-refractivity contribution is 5.80. The van der Waals surface area contributed by atoms with E-state index in [9.17, 15) is 4.39 Å². The van der Waals surface area contributed by atoms with Crippen molar-refractivity contribution in [1.29, 1.82) is 0 Å². The summed E-state index contributed by atoms with van der Waals surface area (Å²) in [6, 6.07) is 5.21. The third-order valence-corrected chi connectivity index (χ3v) is 4.13. The zero-order chi connectivity index (χ0) is 19.1. The van der Waals surface area contributed by atoms with E-state index in [0.29, 0.717) is 30.4 Å². The maximum atomic E-state index is 13.7. The SMILES string of the molecule is CN=C(NCCCc1nc(C(C)C)no1)NC(C)c1ccc(C)c(F)c1. The Kier molecular flexibility index (Phi) is 7.12. The minimum absolute atomic E-state index is 0.0548. The van der Waals surface area contributed by atoms with Crippen LogP contribution in [-0.4, -0.2) is 29.7 Å². The summed E-state index contributed by atoms with van der Waals surface area (Å²) in [6.45, 7) is 8.52. The number of hydrogen-bond acceptors (Lipinski definition) is 4. The summed E-state index contributed by atoms with van der Waals surface area (Å²) in [4.78, 5) is 8.58. The molecule has 142 valence electrons. The van der Waals surface area contributed by atoms with Gasteiger partial charge in [0.2, 0.25) is 5.89 Å². The van der Waals surface area contributed by atoms with E-state index in [2.05, 4.69) is 25.8 Å². The van der Waals surface area contributed by atoms with Gasteiger partial charge in [0.25, 0.3) is 0 Å². The Balaban J connectivity index is 1.78. The Morgan fingerprint density at radius 1 is 1.31 bits per heavy atom. The van der Waals surface area contributed by atoms with Crippen LogP contribution in [0.3, 0.4) is 0 Å². The predicted octanol–water partition coefficient (Wildman–Crippen LogP) is 3.50. The largest absolute Gasteiger partial charge is 0.356 e. The summed E-state index contributed by atoms with van der Waals surface area (Å²) in [5.41, 5.74) is 1.52. The van der Waals surface area contributed by atoms with Crippen LogP contribution < -0.4 is 10.6 Å². The minimum atomic E-state index is -0.195. The first kappa shape index (κ1) is 19.9. The van der Waals surface area contributed by atoms with Crippen LogP contribution >= 0.6 is 0 Å². The first-order chi connectivity index (χ1) is 12.4. The number of aliphatic imine (C=N–C) groups is 1. The number of aryl methyl sites for hydroxylation is 2. The Bertz CT molecular complexity index is 741. The highest BCUT2D eigenvalue weighted by Crippen LogP contribution is 2.16. The van der Waals surface area contributed by atoms with Gasteiger partial charge in [-0.1, -0.05) is 31.1 Å². The molecule has 0 fully saturated rings. The van der Waals surface area contributed by atoms with E-state index in [1.165, 1.54) is 0 Å². The lowest BCUT2D eigenvalue weighted by molar-refractivity contribution is 0.368. The molecule has 1 atom stereocenters. The van der Waals surface area contributed by atoms with Gasteiger partial charge in [0.05, 0.1) is 6.04 Å². The number of guanidine groups is 1. The van der Waals surface area contributed by atoms with E-state index in [1.54, 1.807) is 26.1 Å². The lowest BCUT2D eigenvalue weighted by Crippen LogP contribution is -2.39. The average Bonchev–Trinajstić information content (AvgIpc) is 3.09. The highest BCUT2D eigenvalue weighted by Gasteiger charge is 2.11. The van der Waals surface area contributed by atoms with Crippen molar-refractivity contribution in [3.05, 3.63) is 46.9 Å². The van der Waals surface area contributed by atoms with Crippen molar-refractivity contribution in [3.8, 4) is 0 Å². The first-order valence-corrected chi connectivity index (χ1v) is 8.96. The van der Waals surface area contributed by atoms with Crippen LogP contribution in [0.5, 0.6) is 0 Å². The normalized spacial score (nSPS) is 13.1. The zero-order valence-corrected chi connectivity index (χ0v) is 16.1. The van der Waals surface area contributed by atoms with Crippen molar-refractivity contribution >= 4 is 5.96 Å². The molecule has 0 aliphatic heterocycles. The lowest BCUT2D eigenvalue weighted by Gasteiger charge is -2.18. The molecule has 6 nitrogen and oxygen atoms in total. The molecule has 1 aromatic heterocycles. The van der Waals surface area contributed by atoms with Gasteiger partial charge in [0, 0.05) is 25.9 Å². The third kappa shape index (κ3) is 5.54. The molecule has 0 radical (unpaired) electrons.